The van der Waals surface area contributed by atoms with E-state index in [1.807, 2.05) is 24.4 Å². The molecule has 0 bridgehead atoms. The number of rotatable bonds is 4. The fourth-order valence-electron chi connectivity index (χ4n) is 3.44. The highest BCUT2D eigenvalue weighted by Crippen LogP contribution is 2.26. The van der Waals surface area contributed by atoms with Crippen LogP contribution < -0.4 is 10.2 Å². The van der Waals surface area contributed by atoms with E-state index in [1.54, 1.807) is 32.8 Å². The third-order valence-corrected chi connectivity index (χ3v) is 5.13. The van der Waals surface area contributed by atoms with Crippen molar-refractivity contribution >= 4 is 23.1 Å². The van der Waals surface area contributed by atoms with E-state index in [4.69, 9.17) is 0 Å². The van der Waals surface area contributed by atoms with E-state index in [9.17, 15) is 4.79 Å². The number of imidazole rings is 1. The van der Waals surface area contributed by atoms with E-state index in [1.165, 1.54) is 4.90 Å². The van der Waals surface area contributed by atoms with Gasteiger partial charge in [-0.25, -0.2) is 19.9 Å². The molecule has 1 aliphatic heterocycles. The Kier molecular flexibility index (Phi) is 4.58. The van der Waals surface area contributed by atoms with Gasteiger partial charge in [-0.3, -0.25) is 4.79 Å². The highest BCUT2D eigenvalue weighted by atomic mass is 16.2. The van der Waals surface area contributed by atoms with Crippen LogP contribution in [0.3, 0.4) is 0 Å². The van der Waals surface area contributed by atoms with Gasteiger partial charge in [0.15, 0.2) is 5.82 Å². The number of hydrogen-bond acceptors (Lipinski definition) is 7. The molecule has 28 heavy (non-hydrogen) atoms. The van der Waals surface area contributed by atoms with Gasteiger partial charge in [-0.1, -0.05) is 0 Å². The molecule has 4 rings (SSSR count). The summed E-state index contributed by atoms with van der Waals surface area (Å²) < 4.78 is 1.94. The second kappa shape index (κ2) is 7.06. The lowest BCUT2D eigenvalue weighted by atomic mass is 10.2. The third-order valence-electron chi connectivity index (χ3n) is 5.13. The fourth-order valence-corrected chi connectivity index (χ4v) is 3.44. The largest absolute Gasteiger partial charge is 0.364 e. The Morgan fingerprint density at radius 2 is 2.11 bits per heavy atom. The van der Waals surface area contributed by atoms with Gasteiger partial charge in [0.05, 0.1) is 12.5 Å². The van der Waals surface area contributed by atoms with Crippen LogP contribution in [-0.4, -0.2) is 68.4 Å². The Balaban J connectivity index is 1.55. The number of aromatic nitrogens is 5. The maximum absolute atomic E-state index is 12.3. The average molecular weight is 380 g/mol. The predicted molar refractivity (Wildman–Crippen MR) is 107 cm³/mol. The van der Waals surface area contributed by atoms with Crippen molar-refractivity contribution in [1.29, 1.82) is 0 Å². The van der Waals surface area contributed by atoms with Gasteiger partial charge in [-0.05, 0) is 20.3 Å². The van der Waals surface area contributed by atoms with Gasteiger partial charge in [-0.15, -0.1) is 0 Å². The highest BCUT2D eigenvalue weighted by molar-refractivity contribution is 5.90. The zero-order valence-electron chi connectivity index (χ0n) is 16.5. The van der Waals surface area contributed by atoms with E-state index in [-0.39, 0.29) is 17.8 Å². The van der Waals surface area contributed by atoms with Gasteiger partial charge in [0, 0.05) is 56.9 Å². The van der Waals surface area contributed by atoms with Crippen molar-refractivity contribution in [3.05, 3.63) is 42.0 Å². The van der Waals surface area contributed by atoms with Crippen molar-refractivity contribution in [1.82, 2.24) is 29.2 Å². The molecule has 9 heteroatoms. The first-order valence-corrected chi connectivity index (χ1v) is 9.29. The van der Waals surface area contributed by atoms with Crippen molar-refractivity contribution in [2.45, 2.75) is 26.3 Å². The first-order chi connectivity index (χ1) is 13.4. The van der Waals surface area contributed by atoms with Gasteiger partial charge in [0.25, 0.3) is 5.91 Å². The quantitative estimate of drug-likeness (QED) is 0.734. The lowest BCUT2D eigenvalue weighted by Crippen LogP contribution is -2.30. The van der Waals surface area contributed by atoms with E-state index < -0.39 is 0 Å². The SMILES string of the molecule is Cc1nc(C(=O)N(C)C)nc(N2CC[C@@H](Nc3nccn4cncc34)C2)c1C. The van der Waals surface area contributed by atoms with Crippen molar-refractivity contribution < 1.29 is 4.79 Å². The number of fused-ring (bicyclic) bond motifs is 1. The van der Waals surface area contributed by atoms with Crippen molar-refractivity contribution in [3.8, 4) is 0 Å². The predicted octanol–water partition coefficient (Wildman–Crippen LogP) is 1.53. The summed E-state index contributed by atoms with van der Waals surface area (Å²) in [6, 6.07) is 0.233. The summed E-state index contributed by atoms with van der Waals surface area (Å²) >= 11 is 0. The molecule has 1 amide bonds. The summed E-state index contributed by atoms with van der Waals surface area (Å²) in [4.78, 5) is 33.7. The molecule has 0 aliphatic carbocycles. The molecule has 1 N–H and O–H groups in total. The zero-order valence-corrected chi connectivity index (χ0v) is 16.5. The summed E-state index contributed by atoms with van der Waals surface area (Å²) in [7, 11) is 3.42. The number of nitrogens with one attached hydrogen (secondary N) is 1. The molecule has 146 valence electrons. The van der Waals surface area contributed by atoms with Crippen molar-refractivity contribution in [2.24, 2.45) is 0 Å². The molecule has 0 unspecified atom stereocenters. The molecule has 1 saturated heterocycles. The maximum Gasteiger partial charge on any atom is 0.291 e. The number of hydrogen-bond donors (Lipinski definition) is 1. The summed E-state index contributed by atoms with van der Waals surface area (Å²) in [5, 5.41) is 3.53. The van der Waals surface area contributed by atoms with Crippen LogP contribution in [0.4, 0.5) is 11.6 Å². The highest BCUT2D eigenvalue weighted by Gasteiger charge is 2.27. The molecule has 0 saturated carbocycles. The lowest BCUT2D eigenvalue weighted by molar-refractivity contribution is 0.0815. The summed E-state index contributed by atoms with van der Waals surface area (Å²) in [5.41, 5.74) is 2.79. The minimum Gasteiger partial charge on any atom is -0.364 e. The van der Waals surface area contributed by atoms with Crippen LogP contribution in [0.1, 0.15) is 28.3 Å². The Bertz CT molecular complexity index is 1030. The molecular formula is C19H24N8O. The fraction of sp³-hybridized carbons (Fsp3) is 0.421. The molecular weight excluding hydrogens is 356 g/mol. The standard InChI is InChI=1S/C19H24N8O/c1-12-13(2)22-17(19(28)25(3)4)24-18(12)26-7-5-14(10-26)23-16-15-9-20-11-27(15)8-6-21-16/h6,8-9,11,14H,5,7,10H2,1-4H3,(H,21,23)/t14-/m1/s1. The molecule has 1 atom stereocenters. The van der Waals surface area contributed by atoms with E-state index in [0.29, 0.717) is 0 Å². The van der Waals surface area contributed by atoms with Crippen LogP contribution in [-0.2, 0) is 0 Å². The van der Waals surface area contributed by atoms with E-state index in [0.717, 1.165) is 47.9 Å². The maximum atomic E-state index is 12.3. The number of nitrogens with zero attached hydrogens (tertiary/aromatic N) is 7. The molecule has 4 heterocycles. The summed E-state index contributed by atoms with van der Waals surface area (Å²) in [6.45, 7) is 5.56. The van der Waals surface area contributed by atoms with Crippen LogP contribution in [0.5, 0.6) is 0 Å². The number of carbonyl (C=O) groups excluding carboxylic acids is 1. The summed E-state index contributed by atoms with van der Waals surface area (Å²) in [6.07, 6.45) is 8.17. The molecule has 9 nitrogen and oxygen atoms in total. The Morgan fingerprint density at radius 3 is 2.89 bits per heavy atom. The summed E-state index contributed by atoms with van der Waals surface area (Å²) in [5.74, 6) is 1.71. The Morgan fingerprint density at radius 1 is 1.29 bits per heavy atom. The van der Waals surface area contributed by atoms with Crippen LogP contribution in [0.2, 0.25) is 0 Å². The second-order valence-electron chi connectivity index (χ2n) is 7.32. The molecule has 1 aliphatic rings. The third kappa shape index (κ3) is 3.23. The minimum atomic E-state index is -0.185. The Hall–Kier alpha value is -3.23. The van der Waals surface area contributed by atoms with Crippen LogP contribution in [0, 0.1) is 13.8 Å². The van der Waals surface area contributed by atoms with Gasteiger partial charge in [0.1, 0.15) is 11.3 Å². The number of anilines is 2. The van der Waals surface area contributed by atoms with E-state index in [2.05, 4.69) is 30.2 Å². The van der Waals surface area contributed by atoms with Gasteiger partial charge in [0.2, 0.25) is 5.82 Å². The zero-order chi connectivity index (χ0) is 19.8. The average Bonchev–Trinajstić information content (AvgIpc) is 3.33. The number of carbonyl (C=O) groups is 1. The monoisotopic (exact) mass is 380 g/mol. The van der Waals surface area contributed by atoms with E-state index >= 15 is 0 Å². The molecule has 0 radical (unpaired) electrons. The van der Waals surface area contributed by atoms with Gasteiger partial charge in [-0.2, -0.15) is 0 Å². The van der Waals surface area contributed by atoms with Crippen LogP contribution in [0.25, 0.3) is 5.52 Å². The topological polar surface area (TPSA) is 91.5 Å². The number of aryl methyl sites for hydroxylation is 1. The smallest absolute Gasteiger partial charge is 0.291 e. The normalized spacial score (nSPS) is 16.6. The first kappa shape index (κ1) is 18.1. The van der Waals surface area contributed by atoms with Crippen LogP contribution >= 0.6 is 0 Å². The Labute approximate surface area is 163 Å². The molecule has 3 aromatic rings. The lowest BCUT2D eigenvalue weighted by Gasteiger charge is -2.22. The van der Waals surface area contributed by atoms with Crippen LogP contribution in [0.15, 0.2) is 24.9 Å². The number of amides is 1. The molecule has 0 spiro atoms. The van der Waals surface area contributed by atoms with Crippen molar-refractivity contribution in [3.63, 3.8) is 0 Å². The van der Waals surface area contributed by atoms with Gasteiger partial charge < -0.3 is 19.5 Å². The van der Waals surface area contributed by atoms with Gasteiger partial charge >= 0.3 is 0 Å². The molecule has 3 aromatic heterocycles. The molecule has 0 aromatic carbocycles. The molecule has 1 fully saturated rings. The minimum absolute atomic E-state index is 0.185. The second-order valence-corrected chi connectivity index (χ2v) is 7.32. The van der Waals surface area contributed by atoms with Crippen molar-refractivity contribution in [2.75, 3.05) is 37.4 Å². The first-order valence-electron chi connectivity index (χ1n) is 9.29.